The molecule has 0 amide bonds. The molecule has 6 nitrogen and oxygen atoms in total. The molecule has 0 N–H and O–H groups in total. The number of allylic oxidation sites excluding steroid dienone is 10. The minimum Gasteiger partial charge on any atom is -0.462 e. The summed E-state index contributed by atoms with van der Waals surface area (Å²) in [5.74, 6) is -0.959. The van der Waals surface area contributed by atoms with Gasteiger partial charge in [-0.1, -0.05) is 281 Å². The lowest BCUT2D eigenvalue weighted by molar-refractivity contribution is -0.167. The van der Waals surface area contributed by atoms with Crippen LogP contribution in [0.3, 0.4) is 0 Å². The molecule has 0 saturated carbocycles. The van der Waals surface area contributed by atoms with Crippen LogP contribution in [0.2, 0.25) is 0 Å². The first-order valence-corrected chi connectivity index (χ1v) is 27.4. The highest BCUT2D eigenvalue weighted by Crippen LogP contribution is 2.17. The summed E-state index contributed by atoms with van der Waals surface area (Å²) in [6.45, 7) is 6.46. The van der Waals surface area contributed by atoms with Crippen LogP contribution in [0.15, 0.2) is 60.8 Å². The van der Waals surface area contributed by atoms with Crippen LogP contribution in [0, 0.1) is 0 Å². The molecule has 0 bridgehead atoms. The summed E-state index contributed by atoms with van der Waals surface area (Å²) in [4.78, 5) is 38.0. The van der Waals surface area contributed by atoms with E-state index >= 15 is 0 Å². The van der Waals surface area contributed by atoms with Crippen LogP contribution in [0.5, 0.6) is 0 Å². The van der Waals surface area contributed by atoms with Crippen LogP contribution >= 0.6 is 0 Å². The number of carbonyl (C=O) groups excluding carboxylic acids is 3. The summed E-state index contributed by atoms with van der Waals surface area (Å²) in [7, 11) is 0. The Hall–Kier alpha value is -2.89. The largest absolute Gasteiger partial charge is 0.462 e. The van der Waals surface area contributed by atoms with E-state index in [9.17, 15) is 14.4 Å². The monoisotopic (exact) mass is 895 g/mol. The molecule has 0 spiro atoms. The Kier molecular flexibility index (Phi) is 50.4. The zero-order valence-corrected chi connectivity index (χ0v) is 42.3. The van der Waals surface area contributed by atoms with Crippen molar-refractivity contribution in [2.24, 2.45) is 0 Å². The summed E-state index contributed by atoms with van der Waals surface area (Å²) < 4.78 is 16.8. The van der Waals surface area contributed by atoms with Gasteiger partial charge in [0.15, 0.2) is 6.10 Å². The van der Waals surface area contributed by atoms with E-state index in [0.29, 0.717) is 19.3 Å². The van der Waals surface area contributed by atoms with Crippen LogP contribution in [0.4, 0.5) is 0 Å². The first-order chi connectivity index (χ1) is 31.5. The van der Waals surface area contributed by atoms with Crippen LogP contribution in [0.1, 0.15) is 271 Å². The fraction of sp³-hybridized carbons (Fsp3) is 0.776. The van der Waals surface area contributed by atoms with Crippen molar-refractivity contribution in [3.8, 4) is 0 Å². The minimum atomic E-state index is -0.798. The lowest BCUT2D eigenvalue weighted by Gasteiger charge is -2.18. The third-order valence-corrected chi connectivity index (χ3v) is 11.9. The summed E-state index contributed by atoms with van der Waals surface area (Å²) in [6.07, 6.45) is 65.1. The SMILES string of the molecule is CC\C=C/C=C\C=C/C=C\C=C/CCCC(=O)OCC(COC(=O)CCCCCCCCCCCCCCCCCCCCC)OC(=O)CCCCCCCCCCCCCCCC. The van der Waals surface area contributed by atoms with Gasteiger partial charge in [-0.05, 0) is 32.1 Å². The molecule has 64 heavy (non-hydrogen) atoms. The number of hydrogen-bond donors (Lipinski definition) is 0. The highest BCUT2D eigenvalue weighted by molar-refractivity contribution is 5.71. The standard InChI is InChI=1S/C58H102O6/c1-4-7-10-13-16-19-22-25-27-28-29-30-31-34-36-39-42-45-48-51-57(60)63-54-55(53-62-56(59)50-47-44-41-38-35-32-24-21-18-15-12-9-6-3)64-58(61)52-49-46-43-40-37-33-26-23-20-17-14-11-8-5-2/h9,12,15,18,21,24,32,35,38,41,55H,4-8,10-11,13-14,16-17,19-20,22-23,25-31,33-34,36-37,39-40,42-54H2,1-3H3/b12-9-,18-15-,24-21-,35-32-,41-38-. The maximum Gasteiger partial charge on any atom is 0.306 e. The Morgan fingerprint density at radius 1 is 0.328 bits per heavy atom. The summed E-state index contributed by atoms with van der Waals surface area (Å²) >= 11 is 0. The van der Waals surface area contributed by atoms with E-state index in [2.05, 4.69) is 26.8 Å². The van der Waals surface area contributed by atoms with Gasteiger partial charge in [-0.3, -0.25) is 14.4 Å². The zero-order chi connectivity index (χ0) is 46.5. The molecule has 0 aromatic heterocycles. The highest BCUT2D eigenvalue weighted by atomic mass is 16.6. The first-order valence-electron chi connectivity index (χ1n) is 27.4. The molecule has 0 radical (unpaired) electrons. The Morgan fingerprint density at radius 2 is 0.609 bits per heavy atom. The molecule has 1 unspecified atom stereocenters. The maximum absolute atomic E-state index is 12.8. The van der Waals surface area contributed by atoms with Gasteiger partial charge in [0, 0.05) is 19.3 Å². The van der Waals surface area contributed by atoms with E-state index in [1.54, 1.807) is 0 Å². The van der Waals surface area contributed by atoms with Crippen molar-refractivity contribution < 1.29 is 28.6 Å². The van der Waals surface area contributed by atoms with Gasteiger partial charge in [0.1, 0.15) is 13.2 Å². The van der Waals surface area contributed by atoms with Gasteiger partial charge < -0.3 is 14.2 Å². The van der Waals surface area contributed by atoms with Gasteiger partial charge in [-0.25, -0.2) is 0 Å². The molecule has 0 heterocycles. The quantitative estimate of drug-likeness (QED) is 0.0262. The lowest BCUT2D eigenvalue weighted by atomic mass is 10.0. The second-order valence-electron chi connectivity index (χ2n) is 18.2. The average Bonchev–Trinajstić information content (AvgIpc) is 3.29. The predicted octanol–water partition coefficient (Wildman–Crippen LogP) is 18.0. The molecule has 0 rings (SSSR count). The van der Waals surface area contributed by atoms with E-state index in [-0.39, 0.29) is 37.5 Å². The van der Waals surface area contributed by atoms with Crippen molar-refractivity contribution in [1.29, 1.82) is 0 Å². The van der Waals surface area contributed by atoms with E-state index < -0.39 is 6.10 Å². The molecule has 0 fully saturated rings. The lowest BCUT2D eigenvalue weighted by Crippen LogP contribution is -2.30. The number of rotatable bonds is 49. The Labute approximate surface area is 396 Å². The molecule has 0 aliphatic heterocycles. The van der Waals surface area contributed by atoms with Crippen molar-refractivity contribution in [2.45, 2.75) is 277 Å². The van der Waals surface area contributed by atoms with Crippen LogP contribution in [0.25, 0.3) is 0 Å². The molecule has 0 aliphatic carbocycles. The number of hydrogen-bond acceptors (Lipinski definition) is 6. The van der Waals surface area contributed by atoms with Gasteiger partial charge in [-0.2, -0.15) is 0 Å². The van der Waals surface area contributed by atoms with Crippen molar-refractivity contribution in [3.63, 3.8) is 0 Å². The molecular formula is C58H102O6. The average molecular weight is 895 g/mol. The summed E-state index contributed by atoms with van der Waals surface area (Å²) in [6, 6.07) is 0. The molecule has 0 aliphatic rings. The summed E-state index contributed by atoms with van der Waals surface area (Å²) in [5, 5.41) is 0. The fourth-order valence-corrected chi connectivity index (χ4v) is 7.83. The van der Waals surface area contributed by atoms with Crippen LogP contribution in [-0.4, -0.2) is 37.2 Å². The Balaban J connectivity index is 4.38. The third kappa shape index (κ3) is 50.1. The smallest absolute Gasteiger partial charge is 0.306 e. The van der Waals surface area contributed by atoms with Gasteiger partial charge in [0.05, 0.1) is 0 Å². The summed E-state index contributed by atoms with van der Waals surface area (Å²) in [5.41, 5.74) is 0. The van der Waals surface area contributed by atoms with Crippen molar-refractivity contribution in [1.82, 2.24) is 0 Å². The zero-order valence-electron chi connectivity index (χ0n) is 42.3. The molecule has 370 valence electrons. The Morgan fingerprint density at radius 3 is 0.953 bits per heavy atom. The number of esters is 3. The Bertz CT molecular complexity index is 1170. The normalized spacial score (nSPS) is 12.5. The fourth-order valence-electron chi connectivity index (χ4n) is 7.83. The van der Waals surface area contributed by atoms with E-state index in [1.807, 2.05) is 54.7 Å². The van der Waals surface area contributed by atoms with E-state index in [4.69, 9.17) is 14.2 Å². The van der Waals surface area contributed by atoms with Gasteiger partial charge in [-0.15, -0.1) is 0 Å². The predicted molar refractivity (Wildman–Crippen MR) is 275 cm³/mol. The van der Waals surface area contributed by atoms with Crippen LogP contribution < -0.4 is 0 Å². The van der Waals surface area contributed by atoms with E-state index in [0.717, 1.165) is 51.4 Å². The molecule has 0 aromatic rings. The minimum absolute atomic E-state index is 0.0928. The maximum atomic E-state index is 12.8. The molecular weight excluding hydrogens is 793 g/mol. The van der Waals surface area contributed by atoms with Gasteiger partial charge >= 0.3 is 17.9 Å². The molecule has 1 atom stereocenters. The second-order valence-corrected chi connectivity index (χ2v) is 18.2. The first kappa shape index (κ1) is 61.1. The third-order valence-electron chi connectivity index (χ3n) is 11.9. The number of ether oxygens (including phenoxy) is 3. The second kappa shape index (κ2) is 52.7. The van der Waals surface area contributed by atoms with Crippen molar-refractivity contribution in [3.05, 3.63) is 60.8 Å². The topological polar surface area (TPSA) is 78.9 Å². The van der Waals surface area contributed by atoms with Gasteiger partial charge in [0.25, 0.3) is 0 Å². The van der Waals surface area contributed by atoms with E-state index in [1.165, 1.54) is 173 Å². The highest BCUT2D eigenvalue weighted by Gasteiger charge is 2.19. The van der Waals surface area contributed by atoms with Crippen molar-refractivity contribution >= 4 is 17.9 Å². The van der Waals surface area contributed by atoms with Gasteiger partial charge in [0.2, 0.25) is 0 Å². The number of unbranched alkanes of at least 4 members (excludes halogenated alkanes) is 32. The molecule has 0 aromatic carbocycles. The van der Waals surface area contributed by atoms with Crippen molar-refractivity contribution in [2.75, 3.05) is 13.2 Å². The molecule has 0 saturated heterocycles. The number of carbonyl (C=O) groups is 3. The molecule has 6 heteroatoms. The van der Waals surface area contributed by atoms with Crippen LogP contribution in [-0.2, 0) is 28.6 Å².